The van der Waals surface area contributed by atoms with Gasteiger partial charge in [0.2, 0.25) is 0 Å². The van der Waals surface area contributed by atoms with Gasteiger partial charge in [0.1, 0.15) is 0 Å². The van der Waals surface area contributed by atoms with Crippen LogP contribution in [0.2, 0.25) is 0 Å². The second-order valence-electron chi connectivity index (χ2n) is 10.2. The number of hydrogen-bond donors (Lipinski definition) is 0. The molecule has 0 saturated heterocycles. The minimum Gasteiger partial charge on any atom is -0.492 e. The molecule has 0 N–H and O–H groups in total. The lowest BCUT2D eigenvalue weighted by Gasteiger charge is -2.43. The Bertz CT molecular complexity index is 1410. The molecule has 2 aliphatic rings. The van der Waals surface area contributed by atoms with Gasteiger partial charge in [0.05, 0.1) is 23.9 Å². The molecule has 0 amide bonds. The molecule has 4 aromatic carbocycles. The molecule has 0 aliphatic carbocycles. The highest BCUT2D eigenvalue weighted by molar-refractivity contribution is 9.10. The van der Waals surface area contributed by atoms with Gasteiger partial charge in [0.25, 0.3) is 0 Å². The minimum atomic E-state index is 0.362. The van der Waals surface area contributed by atoms with Crippen molar-refractivity contribution in [3.63, 3.8) is 0 Å². The fourth-order valence-electron chi connectivity index (χ4n) is 6.19. The van der Waals surface area contributed by atoms with Gasteiger partial charge in [-0.1, -0.05) is 60.7 Å². The molecule has 0 saturated carbocycles. The molecule has 2 atom stereocenters. The van der Waals surface area contributed by atoms with Gasteiger partial charge >= 0.3 is 0 Å². The maximum absolute atomic E-state index is 5.84. The van der Waals surface area contributed by atoms with Crippen LogP contribution in [0.1, 0.15) is 59.4 Å². The summed E-state index contributed by atoms with van der Waals surface area (Å²) in [6.07, 6.45) is 4.16. The van der Waals surface area contributed by atoms with Crippen LogP contribution in [-0.4, -0.2) is 33.0 Å². The summed E-state index contributed by atoms with van der Waals surface area (Å²) in [5.41, 5.74) is 8.90. The Balaban J connectivity index is 1.47. The lowest BCUT2D eigenvalue weighted by atomic mass is 9.76. The Morgan fingerprint density at radius 2 is 1.46 bits per heavy atom. The summed E-state index contributed by atoms with van der Waals surface area (Å²) in [5, 5.41) is 0. The first-order valence-electron chi connectivity index (χ1n) is 13.7. The zero-order chi connectivity index (χ0) is 26.8. The molecule has 4 nitrogen and oxygen atoms in total. The summed E-state index contributed by atoms with van der Waals surface area (Å²) in [6, 6.07) is 30.5. The van der Waals surface area contributed by atoms with Crippen molar-refractivity contribution in [2.24, 2.45) is 4.99 Å². The number of anilines is 1. The summed E-state index contributed by atoms with van der Waals surface area (Å²) in [6.45, 7) is 4.71. The molecule has 0 unspecified atom stereocenters. The van der Waals surface area contributed by atoms with Gasteiger partial charge in [-0.3, -0.25) is 4.99 Å². The normalized spacial score (nSPS) is 18.2. The lowest BCUT2D eigenvalue weighted by molar-refractivity contribution is 0.310. The highest BCUT2D eigenvalue weighted by Crippen LogP contribution is 2.50. The molecule has 4 aromatic rings. The number of halogens is 1. The summed E-state index contributed by atoms with van der Waals surface area (Å²) in [7, 11) is 1.66. The predicted octanol–water partition coefficient (Wildman–Crippen LogP) is 8.48. The van der Waals surface area contributed by atoms with E-state index < -0.39 is 0 Å². The van der Waals surface area contributed by atoms with Crippen LogP contribution in [0, 0.1) is 0 Å². The van der Waals surface area contributed by atoms with Crippen LogP contribution in [0.3, 0.4) is 0 Å². The second kappa shape index (κ2) is 11.3. The summed E-state index contributed by atoms with van der Waals surface area (Å²) < 4.78 is 12.2. The zero-order valence-electron chi connectivity index (χ0n) is 22.4. The molecule has 2 aliphatic heterocycles. The Morgan fingerprint density at radius 1 is 0.872 bits per heavy atom. The van der Waals surface area contributed by atoms with Crippen LogP contribution >= 0.6 is 15.9 Å². The minimum absolute atomic E-state index is 0.362. The summed E-state index contributed by atoms with van der Waals surface area (Å²) in [5.74, 6) is 2.13. The van der Waals surface area contributed by atoms with E-state index in [2.05, 4.69) is 93.6 Å². The smallest absolute Gasteiger partial charge is 0.174 e. The summed E-state index contributed by atoms with van der Waals surface area (Å²) in [4.78, 5) is 7.64. The van der Waals surface area contributed by atoms with E-state index in [0.717, 1.165) is 41.7 Å². The standard InChI is InChI=1S/C34H33BrN2O2/c1-3-39-32-19-23(18-31(35)34(32)38-2)22-36-26-20-29-27(24-10-6-4-7-11-24)14-16-37-17-15-28(30(21-26)33(29)37)25-12-8-5-9-13-25/h4-13,18-22,27-28H,3,14-17H2,1-2H3/t27-,28-/m1/s1. The SMILES string of the molecule is CCOc1cc(C=Nc2cc3c4c(c2)[C@@H](c2ccccc2)CCN4CC[C@@H]3c2ccccc2)cc(Br)c1OC. The van der Waals surface area contributed by atoms with E-state index >= 15 is 0 Å². The monoisotopic (exact) mass is 580 g/mol. The number of benzene rings is 4. The fourth-order valence-corrected chi connectivity index (χ4v) is 6.81. The number of rotatable bonds is 7. The van der Waals surface area contributed by atoms with Gasteiger partial charge in [-0.2, -0.15) is 0 Å². The Morgan fingerprint density at radius 3 is 2.00 bits per heavy atom. The summed E-state index contributed by atoms with van der Waals surface area (Å²) >= 11 is 3.64. The number of methoxy groups -OCH3 is 1. The van der Waals surface area contributed by atoms with E-state index in [9.17, 15) is 0 Å². The second-order valence-corrected chi connectivity index (χ2v) is 11.0. The van der Waals surface area contributed by atoms with E-state index in [1.165, 1.54) is 27.9 Å². The highest BCUT2D eigenvalue weighted by atomic mass is 79.9. The lowest BCUT2D eigenvalue weighted by Crippen LogP contribution is -2.37. The first kappa shape index (κ1) is 25.7. The van der Waals surface area contributed by atoms with Crippen molar-refractivity contribution in [1.29, 1.82) is 0 Å². The molecular weight excluding hydrogens is 548 g/mol. The van der Waals surface area contributed by atoms with E-state index in [1.54, 1.807) is 7.11 Å². The van der Waals surface area contributed by atoms with Crippen molar-refractivity contribution >= 4 is 33.5 Å². The van der Waals surface area contributed by atoms with Gasteiger partial charge in [0.15, 0.2) is 11.5 Å². The number of aliphatic imine (C=N–C) groups is 1. The van der Waals surface area contributed by atoms with Crippen LogP contribution in [0.5, 0.6) is 11.5 Å². The number of hydrogen-bond acceptors (Lipinski definition) is 4. The van der Waals surface area contributed by atoms with Crippen molar-refractivity contribution in [2.45, 2.75) is 31.6 Å². The molecule has 0 bridgehead atoms. The molecule has 2 heterocycles. The van der Waals surface area contributed by atoms with Crippen LogP contribution in [0.25, 0.3) is 0 Å². The molecule has 198 valence electrons. The molecule has 0 fully saturated rings. The third kappa shape index (κ3) is 5.08. The van der Waals surface area contributed by atoms with Gasteiger partial charge < -0.3 is 14.4 Å². The Hall–Kier alpha value is -3.57. The van der Waals surface area contributed by atoms with Gasteiger partial charge in [0, 0.05) is 36.8 Å². The number of nitrogens with zero attached hydrogens (tertiary/aromatic N) is 2. The molecule has 6 rings (SSSR count). The van der Waals surface area contributed by atoms with Crippen molar-refractivity contribution in [1.82, 2.24) is 0 Å². The maximum atomic E-state index is 5.84. The zero-order valence-corrected chi connectivity index (χ0v) is 24.0. The molecule has 39 heavy (non-hydrogen) atoms. The van der Waals surface area contributed by atoms with Crippen LogP contribution < -0.4 is 14.4 Å². The molecule has 5 heteroatoms. The van der Waals surface area contributed by atoms with E-state index in [0.29, 0.717) is 29.9 Å². The van der Waals surface area contributed by atoms with Gasteiger partial charge in [-0.05, 0) is 87.8 Å². The van der Waals surface area contributed by atoms with Crippen LogP contribution in [-0.2, 0) is 0 Å². The van der Waals surface area contributed by atoms with Crippen molar-refractivity contribution < 1.29 is 9.47 Å². The topological polar surface area (TPSA) is 34.1 Å². The van der Waals surface area contributed by atoms with E-state index in [1.807, 2.05) is 25.3 Å². The van der Waals surface area contributed by atoms with Crippen molar-refractivity contribution in [3.05, 3.63) is 117 Å². The van der Waals surface area contributed by atoms with E-state index in [-0.39, 0.29) is 0 Å². The van der Waals surface area contributed by atoms with Crippen molar-refractivity contribution in [2.75, 3.05) is 31.7 Å². The first-order valence-corrected chi connectivity index (χ1v) is 14.5. The third-order valence-electron chi connectivity index (χ3n) is 7.90. The number of ether oxygens (including phenoxy) is 2. The van der Waals surface area contributed by atoms with Crippen LogP contribution in [0.15, 0.2) is 94.4 Å². The predicted molar refractivity (Wildman–Crippen MR) is 164 cm³/mol. The fraction of sp³-hybridized carbons (Fsp3) is 0.265. The highest BCUT2D eigenvalue weighted by Gasteiger charge is 2.35. The maximum Gasteiger partial charge on any atom is 0.174 e. The van der Waals surface area contributed by atoms with Gasteiger partial charge in [-0.15, -0.1) is 0 Å². The molecular formula is C34H33BrN2O2. The molecule has 0 aromatic heterocycles. The van der Waals surface area contributed by atoms with Crippen LogP contribution in [0.4, 0.5) is 11.4 Å². The van der Waals surface area contributed by atoms with E-state index in [4.69, 9.17) is 14.5 Å². The third-order valence-corrected chi connectivity index (χ3v) is 8.49. The Kier molecular flexibility index (Phi) is 7.43. The quantitative estimate of drug-likeness (QED) is 0.205. The largest absolute Gasteiger partial charge is 0.492 e. The molecule has 0 spiro atoms. The first-order chi connectivity index (χ1) is 19.2. The average Bonchev–Trinajstić information content (AvgIpc) is 2.97. The average molecular weight is 582 g/mol. The Labute approximate surface area is 239 Å². The van der Waals surface area contributed by atoms with Crippen molar-refractivity contribution in [3.8, 4) is 11.5 Å². The van der Waals surface area contributed by atoms with Gasteiger partial charge in [-0.25, -0.2) is 0 Å². The molecule has 0 radical (unpaired) electrons.